The summed E-state index contributed by atoms with van der Waals surface area (Å²) in [4.78, 5) is 24.2. The predicted octanol–water partition coefficient (Wildman–Crippen LogP) is 2.97. The standard InChI is InChI=1S/C20H20N2O5S2/c1-2-29(26,27)22-11-13-7-9-14(10-8-13)19(23)21-12-16-15-5-3-4-6-17(15)28-18(16)20(24)25/h3-10,22H,2,11-12H2,1H3,(H,21,23)(H,24,25). The number of amides is 1. The molecule has 1 amide bonds. The van der Waals surface area contributed by atoms with Gasteiger partial charge in [-0.25, -0.2) is 17.9 Å². The Bertz CT molecular complexity index is 1150. The maximum atomic E-state index is 12.5. The molecule has 0 aliphatic rings. The number of rotatable bonds is 8. The van der Waals surface area contributed by atoms with E-state index in [2.05, 4.69) is 10.0 Å². The Morgan fingerprint density at radius 2 is 1.72 bits per heavy atom. The Kier molecular flexibility index (Phi) is 6.31. The number of carboxylic acid groups (broad SMARTS) is 1. The lowest BCUT2D eigenvalue weighted by Gasteiger charge is -2.08. The zero-order valence-corrected chi connectivity index (χ0v) is 17.3. The maximum Gasteiger partial charge on any atom is 0.346 e. The second-order valence-electron chi connectivity index (χ2n) is 6.32. The van der Waals surface area contributed by atoms with E-state index in [4.69, 9.17) is 0 Å². The van der Waals surface area contributed by atoms with Gasteiger partial charge in [-0.3, -0.25) is 4.79 Å². The molecule has 1 heterocycles. The summed E-state index contributed by atoms with van der Waals surface area (Å²) in [5, 5.41) is 13.0. The van der Waals surface area contributed by atoms with E-state index in [0.29, 0.717) is 11.1 Å². The van der Waals surface area contributed by atoms with Crippen LogP contribution in [0.25, 0.3) is 10.1 Å². The normalized spacial score (nSPS) is 11.5. The molecule has 3 N–H and O–H groups in total. The molecule has 3 aromatic rings. The third-order valence-corrected chi connectivity index (χ3v) is 6.96. The highest BCUT2D eigenvalue weighted by Crippen LogP contribution is 2.31. The lowest BCUT2D eigenvalue weighted by atomic mass is 10.1. The SMILES string of the molecule is CCS(=O)(=O)NCc1ccc(C(=O)NCc2c(C(=O)O)sc3ccccc23)cc1. The average Bonchev–Trinajstić information content (AvgIpc) is 3.10. The largest absolute Gasteiger partial charge is 0.477 e. The van der Waals surface area contributed by atoms with E-state index in [9.17, 15) is 23.1 Å². The number of thiophene rings is 1. The first-order valence-electron chi connectivity index (χ1n) is 8.89. The Hall–Kier alpha value is -2.75. The van der Waals surface area contributed by atoms with Crippen LogP contribution >= 0.6 is 11.3 Å². The maximum absolute atomic E-state index is 12.5. The highest BCUT2D eigenvalue weighted by atomic mass is 32.2. The first-order valence-corrected chi connectivity index (χ1v) is 11.4. The summed E-state index contributed by atoms with van der Waals surface area (Å²) in [6.07, 6.45) is 0. The van der Waals surface area contributed by atoms with Gasteiger partial charge < -0.3 is 10.4 Å². The summed E-state index contributed by atoms with van der Waals surface area (Å²) in [5.74, 6) is -1.35. The molecule has 0 bridgehead atoms. The van der Waals surface area contributed by atoms with Crippen molar-refractivity contribution in [2.24, 2.45) is 0 Å². The Balaban J connectivity index is 1.69. The van der Waals surface area contributed by atoms with Gasteiger partial charge in [0.25, 0.3) is 5.91 Å². The number of sulfonamides is 1. The van der Waals surface area contributed by atoms with Gasteiger partial charge in [0.05, 0.1) is 5.75 Å². The van der Waals surface area contributed by atoms with Crippen molar-refractivity contribution in [1.82, 2.24) is 10.0 Å². The molecule has 0 unspecified atom stereocenters. The van der Waals surface area contributed by atoms with Crippen LogP contribution in [0.3, 0.4) is 0 Å². The lowest BCUT2D eigenvalue weighted by molar-refractivity contribution is 0.0700. The minimum absolute atomic E-state index is 0.00306. The number of nitrogens with one attached hydrogen (secondary N) is 2. The molecule has 0 saturated heterocycles. The fourth-order valence-corrected chi connectivity index (χ4v) is 4.44. The third kappa shape index (κ3) is 5.00. The minimum atomic E-state index is -3.28. The van der Waals surface area contributed by atoms with E-state index in [1.54, 1.807) is 31.2 Å². The summed E-state index contributed by atoms with van der Waals surface area (Å²) < 4.78 is 26.3. The molecule has 2 aromatic carbocycles. The Labute approximate surface area is 172 Å². The highest BCUT2D eigenvalue weighted by molar-refractivity contribution is 7.89. The Morgan fingerprint density at radius 3 is 2.38 bits per heavy atom. The third-order valence-electron chi connectivity index (χ3n) is 4.41. The number of benzene rings is 2. The molecule has 1 aromatic heterocycles. The summed E-state index contributed by atoms with van der Waals surface area (Å²) in [6, 6.07) is 13.9. The van der Waals surface area contributed by atoms with Crippen LogP contribution in [0.1, 0.15) is 38.1 Å². The summed E-state index contributed by atoms with van der Waals surface area (Å²) in [7, 11) is -3.28. The smallest absolute Gasteiger partial charge is 0.346 e. The molecule has 0 aliphatic heterocycles. The van der Waals surface area contributed by atoms with Crippen LogP contribution in [0.15, 0.2) is 48.5 Å². The topological polar surface area (TPSA) is 113 Å². The van der Waals surface area contributed by atoms with Gasteiger partial charge in [0, 0.05) is 28.9 Å². The van der Waals surface area contributed by atoms with Gasteiger partial charge in [-0.2, -0.15) is 0 Å². The van der Waals surface area contributed by atoms with Gasteiger partial charge in [-0.15, -0.1) is 11.3 Å². The van der Waals surface area contributed by atoms with E-state index < -0.39 is 16.0 Å². The van der Waals surface area contributed by atoms with Crippen LogP contribution in [0, 0.1) is 0 Å². The number of hydrogen-bond acceptors (Lipinski definition) is 5. The number of hydrogen-bond donors (Lipinski definition) is 3. The van der Waals surface area contributed by atoms with E-state index >= 15 is 0 Å². The second-order valence-corrected chi connectivity index (χ2v) is 9.46. The molecule has 152 valence electrons. The van der Waals surface area contributed by atoms with Crippen LogP contribution in [0.4, 0.5) is 0 Å². The van der Waals surface area contributed by atoms with Gasteiger partial charge in [-0.1, -0.05) is 30.3 Å². The minimum Gasteiger partial charge on any atom is -0.477 e. The number of carbonyl (C=O) groups excluding carboxylic acids is 1. The fourth-order valence-electron chi connectivity index (χ4n) is 2.79. The van der Waals surface area contributed by atoms with Crippen molar-refractivity contribution >= 4 is 43.3 Å². The van der Waals surface area contributed by atoms with Crippen molar-refractivity contribution in [3.8, 4) is 0 Å². The van der Waals surface area contributed by atoms with Crippen LogP contribution in [0.5, 0.6) is 0 Å². The highest BCUT2D eigenvalue weighted by Gasteiger charge is 2.18. The second kappa shape index (κ2) is 8.73. The Morgan fingerprint density at radius 1 is 1.03 bits per heavy atom. The van der Waals surface area contributed by atoms with Crippen molar-refractivity contribution in [3.05, 3.63) is 70.1 Å². The van der Waals surface area contributed by atoms with Crippen LogP contribution < -0.4 is 10.0 Å². The number of carbonyl (C=O) groups is 2. The number of aromatic carboxylic acids is 1. The van der Waals surface area contributed by atoms with E-state index in [1.165, 1.54) is 11.3 Å². The lowest BCUT2D eigenvalue weighted by Crippen LogP contribution is -2.25. The molecular weight excluding hydrogens is 412 g/mol. The monoisotopic (exact) mass is 432 g/mol. The predicted molar refractivity (Wildman–Crippen MR) is 113 cm³/mol. The van der Waals surface area contributed by atoms with Gasteiger partial charge >= 0.3 is 5.97 Å². The molecule has 0 atom stereocenters. The van der Waals surface area contributed by atoms with Gasteiger partial charge in [0.2, 0.25) is 10.0 Å². The first kappa shape index (κ1) is 21.0. The average molecular weight is 433 g/mol. The quantitative estimate of drug-likeness (QED) is 0.507. The van der Waals surface area contributed by atoms with Crippen LogP contribution in [-0.2, 0) is 23.1 Å². The van der Waals surface area contributed by atoms with Crippen molar-refractivity contribution in [3.63, 3.8) is 0 Å². The molecule has 0 radical (unpaired) electrons. The summed E-state index contributed by atoms with van der Waals surface area (Å²) in [5.41, 5.74) is 1.72. The van der Waals surface area contributed by atoms with Gasteiger partial charge in [0.15, 0.2) is 0 Å². The van der Waals surface area contributed by atoms with Crippen LogP contribution in [0.2, 0.25) is 0 Å². The zero-order chi connectivity index (χ0) is 21.0. The zero-order valence-electron chi connectivity index (χ0n) is 15.6. The van der Waals surface area contributed by atoms with Crippen molar-refractivity contribution in [2.45, 2.75) is 20.0 Å². The molecule has 0 aliphatic carbocycles. The van der Waals surface area contributed by atoms with Gasteiger partial charge in [0.1, 0.15) is 4.88 Å². The molecule has 9 heteroatoms. The van der Waals surface area contributed by atoms with Crippen molar-refractivity contribution in [1.29, 1.82) is 0 Å². The van der Waals surface area contributed by atoms with E-state index in [-0.39, 0.29) is 29.6 Å². The van der Waals surface area contributed by atoms with Gasteiger partial charge in [-0.05, 0) is 36.1 Å². The summed E-state index contributed by atoms with van der Waals surface area (Å²) in [6.45, 7) is 1.81. The van der Waals surface area contributed by atoms with Crippen LogP contribution in [-0.4, -0.2) is 31.2 Å². The molecule has 0 spiro atoms. The van der Waals surface area contributed by atoms with E-state index in [1.807, 2.05) is 24.3 Å². The van der Waals surface area contributed by atoms with E-state index in [0.717, 1.165) is 15.6 Å². The number of fused-ring (bicyclic) bond motifs is 1. The molecule has 0 saturated carbocycles. The molecule has 0 fully saturated rings. The van der Waals surface area contributed by atoms with Crippen molar-refractivity contribution < 1.29 is 23.1 Å². The first-order chi connectivity index (χ1) is 13.8. The fraction of sp³-hybridized carbons (Fsp3) is 0.200. The number of carboxylic acids is 1. The molecular formula is C20H20N2O5S2. The molecule has 7 nitrogen and oxygen atoms in total. The summed E-state index contributed by atoms with van der Waals surface area (Å²) >= 11 is 1.18. The molecule has 3 rings (SSSR count). The molecule has 29 heavy (non-hydrogen) atoms. The van der Waals surface area contributed by atoms with Crippen molar-refractivity contribution in [2.75, 3.05) is 5.75 Å².